The molecule has 0 unspecified atom stereocenters. The molecule has 0 fully saturated rings. The molecule has 0 amide bonds. The molecule has 0 saturated carbocycles. The first-order chi connectivity index (χ1) is 13.2. The summed E-state index contributed by atoms with van der Waals surface area (Å²) in [7, 11) is 1.62. The Morgan fingerprint density at radius 3 is 2.39 bits per heavy atom. The summed E-state index contributed by atoms with van der Waals surface area (Å²) < 4.78 is 11.1. The smallest absolute Gasteiger partial charge is 0.193 e. The summed E-state index contributed by atoms with van der Waals surface area (Å²) in [5.74, 6) is 1.94. The van der Waals surface area contributed by atoms with E-state index in [1.807, 2.05) is 48.5 Å². The Labute approximate surface area is 185 Å². The topological polar surface area (TPSA) is 72.1 Å². The van der Waals surface area contributed by atoms with Gasteiger partial charge in [-0.3, -0.25) is 0 Å². The highest BCUT2D eigenvalue weighted by Gasteiger charge is 2.03. The van der Waals surface area contributed by atoms with Crippen LogP contribution in [0.4, 0.5) is 5.69 Å². The number of likely N-dealkylation sites (N-methyl/N-ethyl adjacent to an activating group) is 1. The zero-order chi connectivity index (χ0) is 19.5. The molecule has 0 aromatic heterocycles. The SMILES string of the molecule is CCN(CC)CCOc1ccc(CN=C(N)Nc2ccccc2OC)cc1.I. The van der Waals surface area contributed by atoms with Crippen molar-refractivity contribution in [1.29, 1.82) is 0 Å². The van der Waals surface area contributed by atoms with Gasteiger partial charge in [-0.2, -0.15) is 0 Å². The number of halogens is 1. The molecule has 0 radical (unpaired) electrons. The molecule has 0 atom stereocenters. The second kappa shape index (κ2) is 13.2. The average Bonchev–Trinajstić information content (AvgIpc) is 2.71. The van der Waals surface area contributed by atoms with Crippen molar-refractivity contribution in [3.05, 3.63) is 54.1 Å². The van der Waals surface area contributed by atoms with E-state index in [0.29, 0.717) is 19.1 Å². The number of guanidine groups is 1. The number of nitrogens with two attached hydrogens (primary N) is 1. The molecule has 28 heavy (non-hydrogen) atoms. The van der Waals surface area contributed by atoms with Crippen LogP contribution >= 0.6 is 24.0 Å². The average molecular weight is 498 g/mol. The fourth-order valence-corrected chi connectivity index (χ4v) is 2.63. The fraction of sp³-hybridized carbons (Fsp3) is 0.381. The van der Waals surface area contributed by atoms with Gasteiger partial charge in [-0.05, 0) is 42.9 Å². The fourth-order valence-electron chi connectivity index (χ4n) is 2.63. The minimum absolute atomic E-state index is 0. The van der Waals surface area contributed by atoms with Crippen LogP contribution in [0.1, 0.15) is 19.4 Å². The molecule has 154 valence electrons. The molecule has 0 heterocycles. The second-order valence-corrected chi connectivity index (χ2v) is 6.05. The maximum Gasteiger partial charge on any atom is 0.193 e. The molecular formula is C21H31IN4O2. The van der Waals surface area contributed by atoms with Gasteiger partial charge in [0.05, 0.1) is 19.3 Å². The molecule has 2 rings (SSSR count). The van der Waals surface area contributed by atoms with Gasteiger partial charge in [0, 0.05) is 6.54 Å². The van der Waals surface area contributed by atoms with E-state index in [1.165, 1.54) is 0 Å². The summed E-state index contributed by atoms with van der Waals surface area (Å²) in [6.07, 6.45) is 0. The summed E-state index contributed by atoms with van der Waals surface area (Å²) in [5.41, 5.74) is 7.84. The molecule has 0 aliphatic heterocycles. The number of hydrogen-bond acceptors (Lipinski definition) is 4. The maximum atomic E-state index is 5.98. The summed E-state index contributed by atoms with van der Waals surface area (Å²) in [6, 6.07) is 15.5. The van der Waals surface area contributed by atoms with Crippen LogP contribution in [-0.4, -0.2) is 44.2 Å². The Hall–Kier alpha value is -2.00. The van der Waals surface area contributed by atoms with Crippen molar-refractivity contribution >= 4 is 35.6 Å². The number of nitrogens with one attached hydrogen (secondary N) is 1. The van der Waals surface area contributed by atoms with E-state index in [0.717, 1.165) is 42.4 Å². The van der Waals surface area contributed by atoms with E-state index in [9.17, 15) is 0 Å². The zero-order valence-electron chi connectivity index (χ0n) is 16.9. The van der Waals surface area contributed by atoms with E-state index in [-0.39, 0.29) is 24.0 Å². The molecule has 6 nitrogen and oxygen atoms in total. The van der Waals surface area contributed by atoms with Gasteiger partial charge in [-0.1, -0.05) is 38.1 Å². The van der Waals surface area contributed by atoms with Crippen LogP contribution in [0.3, 0.4) is 0 Å². The van der Waals surface area contributed by atoms with Crippen LogP contribution in [0, 0.1) is 0 Å². The van der Waals surface area contributed by atoms with Gasteiger partial charge >= 0.3 is 0 Å². The van der Waals surface area contributed by atoms with Gasteiger partial charge in [-0.15, -0.1) is 24.0 Å². The number of aliphatic imine (C=N–C) groups is 1. The van der Waals surface area contributed by atoms with E-state index >= 15 is 0 Å². The van der Waals surface area contributed by atoms with Crippen LogP contribution in [0.25, 0.3) is 0 Å². The number of rotatable bonds is 10. The Kier molecular flexibility index (Phi) is 11.4. The maximum absolute atomic E-state index is 5.98. The zero-order valence-corrected chi connectivity index (χ0v) is 19.2. The highest BCUT2D eigenvalue weighted by Crippen LogP contribution is 2.22. The summed E-state index contributed by atoms with van der Waals surface area (Å²) in [6.45, 7) is 8.52. The highest BCUT2D eigenvalue weighted by molar-refractivity contribution is 14.0. The third-order valence-electron chi connectivity index (χ3n) is 4.30. The van der Waals surface area contributed by atoms with Gasteiger partial charge in [0.25, 0.3) is 0 Å². The number of para-hydroxylation sites is 2. The predicted octanol–water partition coefficient (Wildman–Crippen LogP) is 3.96. The van der Waals surface area contributed by atoms with Crippen LogP contribution in [0.15, 0.2) is 53.5 Å². The van der Waals surface area contributed by atoms with E-state index in [4.69, 9.17) is 15.2 Å². The van der Waals surface area contributed by atoms with Crippen LogP contribution in [-0.2, 0) is 6.54 Å². The molecule has 2 aromatic rings. The molecule has 0 bridgehead atoms. The third-order valence-corrected chi connectivity index (χ3v) is 4.30. The Morgan fingerprint density at radius 2 is 1.75 bits per heavy atom. The summed E-state index contributed by atoms with van der Waals surface area (Å²) >= 11 is 0. The van der Waals surface area contributed by atoms with Crippen molar-refractivity contribution in [2.24, 2.45) is 10.7 Å². The molecule has 3 N–H and O–H groups in total. The Balaban J connectivity index is 0.00000392. The van der Waals surface area contributed by atoms with E-state index in [2.05, 4.69) is 29.1 Å². The van der Waals surface area contributed by atoms with Gasteiger partial charge in [0.2, 0.25) is 0 Å². The Bertz CT molecular complexity index is 719. The first-order valence-electron chi connectivity index (χ1n) is 9.30. The summed E-state index contributed by atoms with van der Waals surface area (Å²) in [4.78, 5) is 6.72. The van der Waals surface area contributed by atoms with Crippen molar-refractivity contribution < 1.29 is 9.47 Å². The number of nitrogens with zero attached hydrogens (tertiary/aromatic N) is 2. The van der Waals surface area contributed by atoms with Crippen LogP contribution in [0.2, 0.25) is 0 Å². The monoisotopic (exact) mass is 498 g/mol. The minimum atomic E-state index is 0. The van der Waals surface area contributed by atoms with Crippen molar-refractivity contribution in [3.8, 4) is 11.5 Å². The lowest BCUT2D eigenvalue weighted by atomic mass is 10.2. The third kappa shape index (κ3) is 7.93. The van der Waals surface area contributed by atoms with Gasteiger partial charge < -0.3 is 25.4 Å². The first-order valence-corrected chi connectivity index (χ1v) is 9.30. The van der Waals surface area contributed by atoms with Crippen molar-refractivity contribution in [3.63, 3.8) is 0 Å². The molecule has 0 saturated heterocycles. The van der Waals surface area contributed by atoms with Crippen LogP contribution < -0.4 is 20.5 Å². The summed E-state index contributed by atoms with van der Waals surface area (Å²) in [5, 5.41) is 3.07. The van der Waals surface area contributed by atoms with Crippen molar-refractivity contribution in [1.82, 2.24) is 4.90 Å². The molecule has 0 aliphatic rings. The van der Waals surface area contributed by atoms with Crippen molar-refractivity contribution in [2.75, 3.05) is 38.7 Å². The lowest BCUT2D eigenvalue weighted by Gasteiger charge is -2.18. The first kappa shape index (κ1) is 24.0. The molecule has 0 spiro atoms. The largest absolute Gasteiger partial charge is 0.495 e. The normalized spacial score (nSPS) is 11.1. The number of anilines is 1. The second-order valence-electron chi connectivity index (χ2n) is 6.05. The standard InChI is InChI=1S/C21H30N4O2.HI/c1-4-25(5-2)14-15-27-18-12-10-17(11-13-18)16-23-21(22)24-19-8-6-7-9-20(19)26-3;/h6-13H,4-5,14-16H2,1-3H3,(H3,22,23,24);1H. The Morgan fingerprint density at radius 1 is 1.07 bits per heavy atom. The lowest BCUT2D eigenvalue weighted by molar-refractivity contribution is 0.223. The molecule has 7 heteroatoms. The quantitative estimate of drug-likeness (QED) is 0.295. The predicted molar refractivity (Wildman–Crippen MR) is 127 cm³/mol. The van der Waals surface area contributed by atoms with E-state index in [1.54, 1.807) is 7.11 Å². The highest BCUT2D eigenvalue weighted by atomic mass is 127. The van der Waals surface area contributed by atoms with Gasteiger partial charge in [0.15, 0.2) is 5.96 Å². The molecule has 0 aliphatic carbocycles. The van der Waals surface area contributed by atoms with Crippen LogP contribution in [0.5, 0.6) is 11.5 Å². The van der Waals surface area contributed by atoms with Gasteiger partial charge in [0.1, 0.15) is 18.1 Å². The molecule has 2 aromatic carbocycles. The number of ether oxygens (including phenoxy) is 2. The number of hydrogen-bond donors (Lipinski definition) is 2. The minimum Gasteiger partial charge on any atom is -0.495 e. The number of methoxy groups -OCH3 is 1. The molecular weight excluding hydrogens is 467 g/mol. The van der Waals surface area contributed by atoms with Gasteiger partial charge in [-0.25, -0.2) is 4.99 Å². The van der Waals surface area contributed by atoms with E-state index < -0.39 is 0 Å². The number of benzene rings is 2. The lowest BCUT2D eigenvalue weighted by Crippen LogP contribution is -2.27. The van der Waals surface area contributed by atoms with Crippen molar-refractivity contribution in [2.45, 2.75) is 20.4 Å².